The van der Waals surface area contributed by atoms with Crippen LogP contribution in [0.15, 0.2) is 53.5 Å². The summed E-state index contributed by atoms with van der Waals surface area (Å²) in [5.41, 5.74) is 2.06. The fourth-order valence-electron chi connectivity index (χ4n) is 3.28. The number of morpholine rings is 1. The summed E-state index contributed by atoms with van der Waals surface area (Å²) >= 11 is 0. The summed E-state index contributed by atoms with van der Waals surface area (Å²) in [7, 11) is 0. The van der Waals surface area contributed by atoms with E-state index < -0.39 is 5.97 Å². The fourth-order valence-corrected chi connectivity index (χ4v) is 3.28. The van der Waals surface area contributed by atoms with Crippen molar-refractivity contribution in [3.05, 3.63) is 64.7 Å². The molecule has 1 aliphatic rings. The molecule has 0 radical (unpaired) electrons. The molecule has 3 N–H and O–H groups in total. The average molecular weight is 392 g/mol. The van der Waals surface area contributed by atoms with Crippen molar-refractivity contribution in [3.63, 3.8) is 0 Å². The molecular weight excluding hydrogens is 372 g/mol. The number of aromatic amines is 1. The van der Waals surface area contributed by atoms with E-state index in [1.165, 1.54) is 6.08 Å². The minimum Gasteiger partial charge on any atom is -0.478 e. The number of pyridine rings is 2. The van der Waals surface area contributed by atoms with Crippen LogP contribution < -0.4 is 15.8 Å². The maximum absolute atomic E-state index is 12.4. The summed E-state index contributed by atoms with van der Waals surface area (Å²) in [6, 6.07) is 11.3. The van der Waals surface area contributed by atoms with Crippen molar-refractivity contribution in [2.24, 2.45) is 0 Å². The second kappa shape index (κ2) is 8.15. The zero-order valence-electron chi connectivity index (χ0n) is 15.6. The monoisotopic (exact) mass is 392 g/mol. The molecule has 0 amide bonds. The lowest BCUT2D eigenvalue weighted by Gasteiger charge is -2.28. The van der Waals surface area contributed by atoms with Crippen molar-refractivity contribution in [3.8, 4) is 0 Å². The van der Waals surface area contributed by atoms with Gasteiger partial charge in [-0.15, -0.1) is 0 Å². The van der Waals surface area contributed by atoms with E-state index >= 15 is 0 Å². The van der Waals surface area contributed by atoms with Crippen LogP contribution in [0.5, 0.6) is 0 Å². The van der Waals surface area contributed by atoms with Gasteiger partial charge >= 0.3 is 5.97 Å². The lowest BCUT2D eigenvalue weighted by molar-refractivity contribution is -0.131. The van der Waals surface area contributed by atoms with Gasteiger partial charge in [0.25, 0.3) is 5.56 Å². The molecular formula is C21H20N4O4. The van der Waals surface area contributed by atoms with Crippen LogP contribution in [0.3, 0.4) is 0 Å². The van der Waals surface area contributed by atoms with Crippen LogP contribution >= 0.6 is 0 Å². The van der Waals surface area contributed by atoms with Crippen LogP contribution in [0.4, 0.5) is 17.2 Å². The lowest BCUT2D eigenvalue weighted by atomic mass is 10.1. The molecule has 1 aliphatic heterocycles. The van der Waals surface area contributed by atoms with Crippen molar-refractivity contribution < 1.29 is 14.6 Å². The molecule has 1 saturated heterocycles. The molecule has 8 nitrogen and oxygen atoms in total. The van der Waals surface area contributed by atoms with E-state index in [0.717, 1.165) is 43.8 Å². The molecule has 0 aliphatic carbocycles. The van der Waals surface area contributed by atoms with Crippen molar-refractivity contribution >= 4 is 40.0 Å². The van der Waals surface area contributed by atoms with Gasteiger partial charge in [0, 0.05) is 36.7 Å². The number of hydrogen-bond acceptors (Lipinski definition) is 6. The summed E-state index contributed by atoms with van der Waals surface area (Å²) in [5.74, 6) is -0.695. The molecule has 148 valence electrons. The molecule has 0 unspecified atom stereocenters. The number of carboxylic acid groups (broad SMARTS) is 1. The number of benzene rings is 1. The Balaban J connectivity index is 1.67. The van der Waals surface area contributed by atoms with Gasteiger partial charge in [0.1, 0.15) is 5.82 Å². The molecule has 0 spiro atoms. The second-order valence-corrected chi connectivity index (χ2v) is 6.61. The van der Waals surface area contributed by atoms with Crippen LogP contribution in [-0.2, 0) is 9.53 Å². The Morgan fingerprint density at radius 1 is 1.21 bits per heavy atom. The van der Waals surface area contributed by atoms with Crippen molar-refractivity contribution in [1.29, 1.82) is 0 Å². The number of carbonyl (C=O) groups is 1. The Hall–Kier alpha value is -3.65. The predicted molar refractivity (Wildman–Crippen MR) is 112 cm³/mol. The molecule has 2 aromatic heterocycles. The van der Waals surface area contributed by atoms with Gasteiger partial charge in [-0.05, 0) is 47.9 Å². The van der Waals surface area contributed by atoms with Gasteiger partial charge in [-0.3, -0.25) is 4.79 Å². The first-order valence-electron chi connectivity index (χ1n) is 9.23. The maximum Gasteiger partial charge on any atom is 0.328 e. The SMILES string of the molecule is O=C(O)/C=C/c1cc2cc[nH]c(=O)c2c(Nc2ccc(N3CCOCC3)cc2)n1. The second-order valence-electron chi connectivity index (χ2n) is 6.61. The molecule has 0 saturated carbocycles. The molecule has 29 heavy (non-hydrogen) atoms. The topological polar surface area (TPSA) is 108 Å². The summed E-state index contributed by atoms with van der Waals surface area (Å²) in [6.45, 7) is 3.14. The predicted octanol–water partition coefficient (Wildman–Crippen LogP) is 2.60. The minimum absolute atomic E-state index is 0.267. The highest BCUT2D eigenvalue weighted by atomic mass is 16.5. The van der Waals surface area contributed by atoms with Crippen LogP contribution in [0.2, 0.25) is 0 Å². The van der Waals surface area contributed by atoms with Crippen molar-refractivity contribution in [2.45, 2.75) is 0 Å². The van der Waals surface area contributed by atoms with E-state index in [1.807, 2.05) is 24.3 Å². The number of H-pyrrole nitrogens is 1. The van der Waals surface area contributed by atoms with Gasteiger partial charge in [-0.2, -0.15) is 0 Å². The Kier molecular flexibility index (Phi) is 5.26. The molecule has 3 aromatic rings. The highest BCUT2D eigenvalue weighted by molar-refractivity contribution is 5.94. The Bertz CT molecular complexity index is 1120. The van der Waals surface area contributed by atoms with Crippen LogP contribution in [0.1, 0.15) is 5.69 Å². The average Bonchev–Trinajstić information content (AvgIpc) is 2.73. The minimum atomic E-state index is -1.06. The number of rotatable bonds is 5. The number of aliphatic carboxylic acids is 1. The van der Waals surface area contributed by atoms with E-state index in [9.17, 15) is 9.59 Å². The van der Waals surface area contributed by atoms with Gasteiger partial charge in [0.2, 0.25) is 0 Å². The van der Waals surface area contributed by atoms with Crippen LogP contribution in [0.25, 0.3) is 16.8 Å². The first-order chi connectivity index (χ1) is 14.1. The summed E-state index contributed by atoms with van der Waals surface area (Å²) < 4.78 is 5.38. The number of fused-ring (bicyclic) bond motifs is 1. The number of ether oxygens (including phenoxy) is 1. The van der Waals surface area contributed by atoms with E-state index in [0.29, 0.717) is 22.3 Å². The normalized spacial score (nSPS) is 14.4. The summed E-state index contributed by atoms with van der Waals surface area (Å²) in [5, 5.41) is 13.1. The zero-order valence-corrected chi connectivity index (χ0v) is 15.6. The highest BCUT2D eigenvalue weighted by Gasteiger charge is 2.12. The number of aromatic nitrogens is 2. The highest BCUT2D eigenvalue weighted by Crippen LogP contribution is 2.25. The molecule has 3 heterocycles. The Labute approximate surface area is 166 Å². The molecule has 1 aromatic carbocycles. The van der Waals surface area contributed by atoms with Crippen molar-refractivity contribution in [1.82, 2.24) is 9.97 Å². The third kappa shape index (κ3) is 4.27. The number of carboxylic acids is 1. The smallest absolute Gasteiger partial charge is 0.328 e. The maximum atomic E-state index is 12.4. The van der Waals surface area contributed by atoms with E-state index in [-0.39, 0.29) is 5.56 Å². The molecule has 0 atom stereocenters. The lowest BCUT2D eigenvalue weighted by Crippen LogP contribution is -2.36. The number of anilines is 3. The van der Waals surface area contributed by atoms with Gasteiger partial charge in [-0.25, -0.2) is 9.78 Å². The van der Waals surface area contributed by atoms with Crippen LogP contribution in [0, 0.1) is 0 Å². The van der Waals surface area contributed by atoms with Gasteiger partial charge < -0.3 is 25.0 Å². The standard InChI is InChI=1S/C21H20N4O4/c26-18(27)6-3-16-13-14-7-8-22-21(28)19(14)20(24-16)23-15-1-4-17(5-2-15)25-9-11-29-12-10-25/h1-8,13H,9-12H2,(H,22,28)(H,23,24)(H,26,27)/b6-3+. The number of nitrogens with zero attached hydrogens (tertiary/aromatic N) is 2. The zero-order chi connectivity index (χ0) is 20.2. The molecule has 8 heteroatoms. The van der Waals surface area contributed by atoms with Crippen molar-refractivity contribution in [2.75, 3.05) is 36.5 Å². The first-order valence-corrected chi connectivity index (χ1v) is 9.23. The van der Waals surface area contributed by atoms with E-state index in [2.05, 4.69) is 20.2 Å². The quantitative estimate of drug-likeness (QED) is 0.573. The molecule has 1 fully saturated rings. The fraction of sp³-hybridized carbons (Fsp3) is 0.190. The third-order valence-corrected chi connectivity index (χ3v) is 4.68. The number of hydrogen-bond donors (Lipinski definition) is 3. The number of nitrogens with one attached hydrogen (secondary N) is 2. The van der Waals surface area contributed by atoms with Gasteiger partial charge in [0.05, 0.1) is 24.3 Å². The van der Waals surface area contributed by atoms with E-state index in [1.54, 1.807) is 18.3 Å². The van der Waals surface area contributed by atoms with Gasteiger partial charge in [-0.1, -0.05) is 0 Å². The summed E-state index contributed by atoms with van der Waals surface area (Å²) in [4.78, 5) is 32.5. The molecule has 4 rings (SSSR count). The third-order valence-electron chi connectivity index (χ3n) is 4.68. The van der Waals surface area contributed by atoms with E-state index in [4.69, 9.17) is 9.84 Å². The summed E-state index contributed by atoms with van der Waals surface area (Å²) in [6.07, 6.45) is 3.97. The largest absolute Gasteiger partial charge is 0.478 e. The molecule has 0 bridgehead atoms. The Morgan fingerprint density at radius 2 is 1.97 bits per heavy atom. The Morgan fingerprint density at radius 3 is 2.69 bits per heavy atom. The van der Waals surface area contributed by atoms with Crippen LogP contribution in [-0.4, -0.2) is 47.3 Å². The first kappa shape index (κ1) is 18.7. The van der Waals surface area contributed by atoms with Gasteiger partial charge in [0.15, 0.2) is 0 Å².